The number of aromatic nitrogens is 3. The summed E-state index contributed by atoms with van der Waals surface area (Å²) in [5, 5.41) is 5.66. The second-order valence-electron chi connectivity index (χ2n) is 8.71. The molecule has 1 fully saturated rings. The second kappa shape index (κ2) is 14.5. The highest BCUT2D eigenvalue weighted by molar-refractivity contribution is 6.24. The number of carbonyl (C=O) groups is 2. The molecule has 2 amide bonds. The number of allylic oxidation sites excluding steroid dienone is 1. The fraction of sp³-hybridized carbons (Fsp3) is 0.385. The third kappa shape index (κ3) is 8.18. The minimum Gasteiger partial charge on any atom is -0.404 e. The van der Waals surface area contributed by atoms with E-state index < -0.39 is 5.91 Å². The summed E-state index contributed by atoms with van der Waals surface area (Å²) in [6.45, 7) is 4.89. The van der Waals surface area contributed by atoms with Gasteiger partial charge in [0.1, 0.15) is 0 Å². The van der Waals surface area contributed by atoms with Gasteiger partial charge in [-0.05, 0) is 38.9 Å². The number of methoxy groups -OCH3 is 1. The van der Waals surface area contributed by atoms with E-state index in [0.29, 0.717) is 48.0 Å². The van der Waals surface area contributed by atoms with Gasteiger partial charge >= 0.3 is 0 Å². The minimum atomic E-state index is -0.494. The number of pyridine rings is 1. The third-order valence-corrected chi connectivity index (χ3v) is 5.90. The topological polar surface area (TPSA) is 174 Å². The van der Waals surface area contributed by atoms with E-state index in [1.807, 2.05) is 0 Å². The van der Waals surface area contributed by atoms with Gasteiger partial charge in [0.05, 0.1) is 72.3 Å². The number of carbonyl (C=O) groups excluding carboxylic acids is 2. The molecule has 0 aromatic carbocycles. The van der Waals surface area contributed by atoms with Gasteiger partial charge in [0.25, 0.3) is 5.91 Å². The number of hydrogen-bond donors (Lipinski definition) is 4. The van der Waals surface area contributed by atoms with Crippen molar-refractivity contribution in [2.24, 2.45) is 16.5 Å². The van der Waals surface area contributed by atoms with E-state index >= 15 is 0 Å². The number of amides is 2. The minimum absolute atomic E-state index is 0.120. The van der Waals surface area contributed by atoms with Crippen LogP contribution in [0.4, 0.5) is 11.4 Å². The van der Waals surface area contributed by atoms with Crippen LogP contribution < -0.4 is 22.1 Å². The van der Waals surface area contributed by atoms with E-state index in [4.69, 9.17) is 16.2 Å². The lowest BCUT2D eigenvalue weighted by Gasteiger charge is -2.25. The Kier molecular flexibility index (Phi) is 10.9. The summed E-state index contributed by atoms with van der Waals surface area (Å²) in [4.78, 5) is 44.9. The lowest BCUT2D eigenvalue weighted by molar-refractivity contribution is -0.117. The molecular formula is C26H35N9O3. The number of nitrogens with zero attached hydrogens (tertiary/aromatic N) is 5. The Morgan fingerprint density at radius 1 is 1.05 bits per heavy atom. The Morgan fingerprint density at radius 2 is 1.79 bits per heavy atom. The van der Waals surface area contributed by atoms with E-state index in [0.717, 1.165) is 32.1 Å². The van der Waals surface area contributed by atoms with Gasteiger partial charge in [-0.2, -0.15) is 0 Å². The van der Waals surface area contributed by atoms with Gasteiger partial charge in [0, 0.05) is 31.3 Å². The van der Waals surface area contributed by atoms with Crippen LogP contribution in [-0.2, 0) is 14.3 Å². The van der Waals surface area contributed by atoms with E-state index in [1.54, 1.807) is 32.5 Å². The van der Waals surface area contributed by atoms with Gasteiger partial charge in [0.15, 0.2) is 0 Å². The molecule has 0 bridgehead atoms. The zero-order valence-electron chi connectivity index (χ0n) is 21.8. The van der Waals surface area contributed by atoms with E-state index in [2.05, 4.69) is 35.5 Å². The Balaban J connectivity index is 1.66. The molecule has 1 aliphatic rings. The van der Waals surface area contributed by atoms with Crippen LogP contribution in [0.2, 0.25) is 0 Å². The monoisotopic (exact) mass is 521 g/mol. The highest BCUT2D eigenvalue weighted by Crippen LogP contribution is 2.21. The summed E-state index contributed by atoms with van der Waals surface area (Å²) in [6.07, 6.45) is 12.0. The molecule has 0 unspecified atom stereocenters. The summed E-state index contributed by atoms with van der Waals surface area (Å²) in [7, 11) is 1.60. The normalized spacial score (nSPS) is 15.0. The number of nitrogens with two attached hydrogens (primary N) is 2. The standard InChI is InChI=1S/C26H35N9O3/c1-18-22(10-20(14-30-18)33-25(36)17-35-7-4-3-5-8-35)34-26(37)21(12-28)24-16-31-23(15-32-24)19(11-27)13-29-6-9-38-2/h10-16H,3-9,17,27-28H2,1-2H3,(H,33,36)(H,34,37)/b19-11+,21-12+,29-13?. The van der Waals surface area contributed by atoms with Crippen molar-refractivity contribution in [2.75, 3.05) is 50.5 Å². The molecule has 0 spiro atoms. The van der Waals surface area contributed by atoms with Crippen molar-refractivity contribution in [1.82, 2.24) is 19.9 Å². The predicted octanol–water partition coefficient (Wildman–Crippen LogP) is 1.56. The van der Waals surface area contributed by atoms with Crippen molar-refractivity contribution in [2.45, 2.75) is 26.2 Å². The first-order valence-electron chi connectivity index (χ1n) is 12.4. The van der Waals surface area contributed by atoms with Crippen molar-refractivity contribution in [1.29, 1.82) is 0 Å². The average Bonchev–Trinajstić information content (AvgIpc) is 2.92. The first-order chi connectivity index (χ1) is 18.4. The number of nitrogens with one attached hydrogen (secondary N) is 2. The Hall–Kier alpha value is -4.16. The lowest BCUT2D eigenvalue weighted by atomic mass is 10.1. The Labute approximate surface area is 222 Å². The first-order valence-corrected chi connectivity index (χ1v) is 12.4. The molecule has 2 aromatic heterocycles. The zero-order valence-corrected chi connectivity index (χ0v) is 21.8. The van der Waals surface area contributed by atoms with Crippen LogP contribution in [0.1, 0.15) is 36.3 Å². The highest BCUT2D eigenvalue weighted by atomic mass is 16.5. The molecule has 12 nitrogen and oxygen atoms in total. The SMILES string of the molecule is COCCN=C/C(=C\N)c1cnc(/C(=C\N)C(=O)Nc2cc(NC(=O)CN3CCCCC3)cnc2C)cn1. The molecule has 2 aromatic rings. The molecule has 0 atom stereocenters. The number of ether oxygens (including phenoxy) is 1. The van der Waals surface area contributed by atoms with Crippen LogP contribution in [-0.4, -0.2) is 77.8 Å². The van der Waals surface area contributed by atoms with Crippen LogP contribution in [0.25, 0.3) is 11.1 Å². The molecule has 1 saturated heterocycles. The summed E-state index contributed by atoms with van der Waals surface area (Å²) in [5.74, 6) is -0.616. The van der Waals surface area contributed by atoms with Crippen LogP contribution in [0.3, 0.4) is 0 Å². The van der Waals surface area contributed by atoms with Crippen molar-refractivity contribution < 1.29 is 14.3 Å². The second-order valence-corrected chi connectivity index (χ2v) is 8.71. The van der Waals surface area contributed by atoms with Crippen LogP contribution in [0.15, 0.2) is 42.0 Å². The Morgan fingerprint density at radius 3 is 2.45 bits per heavy atom. The summed E-state index contributed by atoms with van der Waals surface area (Å²) >= 11 is 0. The fourth-order valence-electron chi connectivity index (χ4n) is 3.83. The van der Waals surface area contributed by atoms with Crippen molar-refractivity contribution in [3.05, 3.63) is 54.1 Å². The van der Waals surface area contributed by atoms with Crippen LogP contribution in [0.5, 0.6) is 0 Å². The molecule has 202 valence electrons. The van der Waals surface area contributed by atoms with E-state index in [9.17, 15) is 9.59 Å². The molecule has 0 aliphatic carbocycles. The molecule has 3 rings (SSSR count). The summed E-state index contributed by atoms with van der Waals surface area (Å²) in [5.41, 5.74) is 14.4. The van der Waals surface area contributed by atoms with Gasteiger partial charge in [-0.3, -0.25) is 34.4 Å². The highest BCUT2D eigenvalue weighted by Gasteiger charge is 2.17. The molecule has 0 saturated carbocycles. The van der Waals surface area contributed by atoms with Crippen molar-refractivity contribution >= 4 is 40.5 Å². The number of aliphatic imine (C=N–C) groups is 1. The maximum absolute atomic E-state index is 13.1. The maximum Gasteiger partial charge on any atom is 0.259 e. The molecule has 1 aliphatic heterocycles. The van der Waals surface area contributed by atoms with Crippen LogP contribution >= 0.6 is 0 Å². The smallest absolute Gasteiger partial charge is 0.259 e. The number of rotatable bonds is 11. The molecule has 3 heterocycles. The molecule has 12 heteroatoms. The van der Waals surface area contributed by atoms with Crippen molar-refractivity contribution in [3.63, 3.8) is 0 Å². The molecule has 38 heavy (non-hydrogen) atoms. The van der Waals surface area contributed by atoms with Crippen LogP contribution in [0, 0.1) is 6.92 Å². The predicted molar refractivity (Wildman–Crippen MR) is 148 cm³/mol. The number of anilines is 2. The van der Waals surface area contributed by atoms with E-state index in [-0.39, 0.29) is 17.2 Å². The van der Waals surface area contributed by atoms with E-state index in [1.165, 1.54) is 25.0 Å². The van der Waals surface area contributed by atoms with Gasteiger partial charge in [-0.1, -0.05) is 6.42 Å². The number of aryl methyl sites for hydroxylation is 1. The largest absolute Gasteiger partial charge is 0.404 e. The Bertz CT molecular complexity index is 1190. The van der Waals surface area contributed by atoms with Gasteiger partial charge in [0.2, 0.25) is 5.91 Å². The third-order valence-electron chi connectivity index (χ3n) is 5.90. The summed E-state index contributed by atoms with van der Waals surface area (Å²) in [6, 6.07) is 1.67. The molecule has 0 radical (unpaired) electrons. The maximum atomic E-state index is 13.1. The average molecular weight is 522 g/mol. The first kappa shape index (κ1) is 28.4. The quantitative estimate of drug-likeness (QED) is 0.194. The molecule has 6 N–H and O–H groups in total. The number of piperidine rings is 1. The van der Waals surface area contributed by atoms with Gasteiger partial charge in [-0.15, -0.1) is 0 Å². The van der Waals surface area contributed by atoms with Gasteiger partial charge in [-0.25, -0.2) is 0 Å². The van der Waals surface area contributed by atoms with Gasteiger partial charge < -0.3 is 26.8 Å². The fourth-order valence-corrected chi connectivity index (χ4v) is 3.83. The lowest BCUT2D eigenvalue weighted by Crippen LogP contribution is -2.36. The van der Waals surface area contributed by atoms with Crippen molar-refractivity contribution in [3.8, 4) is 0 Å². The number of hydrogen-bond acceptors (Lipinski definition) is 10. The summed E-state index contributed by atoms with van der Waals surface area (Å²) < 4.78 is 4.97. The number of likely N-dealkylation sites (tertiary alicyclic amines) is 1. The molecular weight excluding hydrogens is 486 g/mol. The zero-order chi connectivity index (χ0) is 27.3.